The molecule has 0 spiro atoms. The van der Waals surface area contributed by atoms with Gasteiger partial charge in [0.1, 0.15) is 18.4 Å². The van der Waals surface area contributed by atoms with E-state index >= 15 is 0 Å². The second-order valence-electron chi connectivity index (χ2n) is 8.02. The Bertz CT molecular complexity index is 1150. The summed E-state index contributed by atoms with van der Waals surface area (Å²) in [4.78, 5) is 23.8. The van der Waals surface area contributed by atoms with E-state index in [1.807, 2.05) is 0 Å². The van der Waals surface area contributed by atoms with Crippen LogP contribution < -0.4 is 9.46 Å². The molecule has 0 aliphatic carbocycles. The molecule has 0 aliphatic heterocycles. The molecule has 2 rings (SSSR count). The number of ketones is 1. The molecule has 1 atom stereocenters. The van der Waals surface area contributed by atoms with Crippen molar-refractivity contribution in [3.05, 3.63) is 59.2 Å². The monoisotopic (exact) mass is 501 g/mol. The minimum atomic E-state index is -4.73. The zero-order valence-electron chi connectivity index (χ0n) is 19.1. The van der Waals surface area contributed by atoms with E-state index in [1.165, 1.54) is 20.1 Å². The fourth-order valence-corrected chi connectivity index (χ4v) is 4.36. The van der Waals surface area contributed by atoms with Gasteiger partial charge in [0.05, 0.1) is 17.6 Å². The number of alkyl halides is 3. The number of carbonyl (C=O) groups excluding carboxylic acids is 2. The molecule has 0 aliphatic rings. The van der Waals surface area contributed by atoms with E-state index < -0.39 is 38.7 Å². The fraction of sp³-hybridized carbons (Fsp3) is 0.391. The number of sulfonamides is 1. The number of nitrogens with one attached hydrogen (secondary N) is 1. The standard InChI is InChI=1S/C23H26F3NO6S/c1-14(2)10-20(27-34(30,31)19-7-5-6-18(12-19)23(24,25)26)22(29)33-13-17-11-16(15(3)28)8-9-21(17)32-4/h5-9,11-12,14,20,27H,10,13H2,1-4H3. The summed E-state index contributed by atoms with van der Waals surface area (Å²) in [5, 5.41) is 0. The molecule has 7 nitrogen and oxygen atoms in total. The lowest BCUT2D eigenvalue weighted by Crippen LogP contribution is -2.42. The molecule has 0 amide bonds. The van der Waals surface area contributed by atoms with E-state index in [2.05, 4.69) is 4.72 Å². The predicted octanol–water partition coefficient (Wildman–Crippen LogP) is 4.35. The lowest BCUT2D eigenvalue weighted by molar-refractivity contribution is -0.147. The Kier molecular flexibility index (Phi) is 8.84. The molecule has 11 heteroatoms. The third-order valence-electron chi connectivity index (χ3n) is 4.82. The summed E-state index contributed by atoms with van der Waals surface area (Å²) in [7, 11) is -3.07. The van der Waals surface area contributed by atoms with Crippen molar-refractivity contribution in [3.63, 3.8) is 0 Å². The summed E-state index contributed by atoms with van der Waals surface area (Å²) < 4.78 is 77.2. The van der Waals surface area contributed by atoms with Crippen molar-refractivity contribution in [3.8, 4) is 5.75 Å². The van der Waals surface area contributed by atoms with Crippen LogP contribution in [0.3, 0.4) is 0 Å². The second kappa shape index (κ2) is 11.0. The Morgan fingerprint density at radius 3 is 2.32 bits per heavy atom. The van der Waals surface area contributed by atoms with Crippen LogP contribution in [0.2, 0.25) is 0 Å². The van der Waals surface area contributed by atoms with Crippen molar-refractivity contribution in [2.45, 2.75) is 50.9 Å². The Morgan fingerprint density at radius 1 is 1.09 bits per heavy atom. The van der Waals surface area contributed by atoms with Crippen LogP contribution >= 0.6 is 0 Å². The molecule has 0 fully saturated rings. The third-order valence-corrected chi connectivity index (χ3v) is 6.29. The number of esters is 1. The second-order valence-corrected chi connectivity index (χ2v) is 9.73. The number of hydrogen-bond donors (Lipinski definition) is 1. The average Bonchev–Trinajstić information content (AvgIpc) is 2.75. The van der Waals surface area contributed by atoms with Gasteiger partial charge >= 0.3 is 12.1 Å². The van der Waals surface area contributed by atoms with Gasteiger partial charge in [-0.1, -0.05) is 19.9 Å². The highest BCUT2D eigenvalue weighted by Crippen LogP contribution is 2.30. The van der Waals surface area contributed by atoms with Crippen molar-refractivity contribution in [1.82, 2.24) is 4.72 Å². The van der Waals surface area contributed by atoms with Gasteiger partial charge in [0, 0.05) is 11.1 Å². The minimum Gasteiger partial charge on any atom is -0.496 e. The molecule has 0 saturated carbocycles. The SMILES string of the molecule is COc1ccc(C(C)=O)cc1COC(=O)C(CC(C)C)NS(=O)(=O)c1cccc(C(F)(F)F)c1. The Hall–Kier alpha value is -2.92. The summed E-state index contributed by atoms with van der Waals surface area (Å²) in [5.41, 5.74) is -0.362. The fourth-order valence-electron chi connectivity index (χ4n) is 3.12. The van der Waals surface area contributed by atoms with Gasteiger partial charge < -0.3 is 9.47 Å². The maximum Gasteiger partial charge on any atom is 0.416 e. The molecule has 186 valence electrons. The molecule has 0 heterocycles. The predicted molar refractivity (Wildman–Crippen MR) is 118 cm³/mol. The Morgan fingerprint density at radius 2 is 1.76 bits per heavy atom. The van der Waals surface area contributed by atoms with Crippen molar-refractivity contribution in [2.24, 2.45) is 5.92 Å². The smallest absolute Gasteiger partial charge is 0.416 e. The summed E-state index contributed by atoms with van der Waals surface area (Å²) in [6, 6.07) is 6.48. The molecule has 0 bridgehead atoms. The first-order valence-corrected chi connectivity index (χ1v) is 11.8. The number of benzene rings is 2. The summed E-state index contributed by atoms with van der Waals surface area (Å²) >= 11 is 0. The van der Waals surface area contributed by atoms with E-state index in [1.54, 1.807) is 26.0 Å². The van der Waals surface area contributed by atoms with E-state index in [0.717, 1.165) is 18.2 Å². The molecule has 34 heavy (non-hydrogen) atoms. The quantitative estimate of drug-likeness (QED) is 0.384. The largest absolute Gasteiger partial charge is 0.496 e. The van der Waals surface area contributed by atoms with Gasteiger partial charge in [-0.15, -0.1) is 0 Å². The molecule has 0 radical (unpaired) electrons. The van der Waals surface area contributed by atoms with Gasteiger partial charge in [-0.25, -0.2) is 8.42 Å². The number of ether oxygens (including phenoxy) is 2. The summed E-state index contributed by atoms with van der Waals surface area (Å²) in [6.07, 6.45) is -4.68. The van der Waals surface area contributed by atoms with Gasteiger partial charge in [0.25, 0.3) is 0 Å². The van der Waals surface area contributed by atoms with E-state index in [0.29, 0.717) is 22.9 Å². The molecule has 0 aromatic heterocycles. The number of halogens is 3. The van der Waals surface area contributed by atoms with Gasteiger partial charge in [-0.3, -0.25) is 9.59 Å². The number of hydrogen-bond acceptors (Lipinski definition) is 6. The van der Waals surface area contributed by atoms with Crippen LogP contribution in [0, 0.1) is 5.92 Å². The molecular weight excluding hydrogens is 475 g/mol. The lowest BCUT2D eigenvalue weighted by atomic mass is 10.0. The highest BCUT2D eigenvalue weighted by atomic mass is 32.2. The molecular formula is C23H26F3NO6S. The normalized spacial score (nSPS) is 12.9. The molecule has 1 unspecified atom stereocenters. The molecule has 1 N–H and O–H groups in total. The van der Waals surface area contributed by atoms with Crippen LogP contribution in [-0.4, -0.2) is 33.3 Å². The van der Waals surface area contributed by atoms with Crippen molar-refractivity contribution in [1.29, 1.82) is 0 Å². The maximum absolute atomic E-state index is 13.0. The average molecular weight is 502 g/mol. The minimum absolute atomic E-state index is 0.0433. The van der Waals surface area contributed by atoms with E-state index in [-0.39, 0.29) is 24.7 Å². The maximum atomic E-state index is 13.0. The van der Waals surface area contributed by atoms with Crippen LogP contribution in [-0.2, 0) is 32.3 Å². The molecule has 2 aromatic carbocycles. The van der Waals surface area contributed by atoms with Crippen molar-refractivity contribution < 1.29 is 40.7 Å². The first-order chi connectivity index (χ1) is 15.7. The third kappa shape index (κ3) is 7.29. The van der Waals surface area contributed by atoms with Gasteiger partial charge in [0.15, 0.2) is 5.78 Å². The van der Waals surface area contributed by atoms with Crippen LogP contribution in [0.15, 0.2) is 47.4 Å². The highest BCUT2D eigenvalue weighted by molar-refractivity contribution is 7.89. The Balaban J connectivity index is 2.25. The number of Topliss-reactive ketones (excluding diaryl/α,β-unsaturated/α-hetero) is 1. The van der Waals surface area contributed by atoms with Crippen LogP contribution in [0.1, 0.15) is 48.7 Å². The zero-order valence-corrected chi connectivity index (χ0v) is 19.9. The first kappa shape index (κ1) is 27.3. The van der Waals surface area contributed by atoms with E-state index in [4.69, 9.17) is 9.47 Å². The molecule has 0 saturated heterocycles. The topological polar surface area (TPSA) is 98.8 Å². The Labute approximate surface area is 196 Å². The van der Waals surface area contributed by atoms with Crippen LogP contribution in [0.5, 0.6) is 5.75 Å². The van der Waals surface area contributed by atoms with Crippen LogP contribution in [0.25, 0.3) is 0 Å². The first-order valence-electron chi connectivity index (χ1n) is 10.3. The summed E-state index contributed by atoms with van der Waals surface area (Å²) in [6.45, 7) is 4.57. The van der Waals surface area contributed by atoms with Crippen molar-refractivity contribution >= 4 is 21.8 Å². The number of methoxy groups -OCH3 is 1. The van der Waals surface area contributed by atoms with Gasteiger partial charge in [0.2, 0.25) is 10.0 Å². The number of carbonyl (C=O) groups is 2. The van der Waals surface area contributed by atoms with E-state index in [9.17, 15) is 31.2 Å². The number of rotatable bonds is 10. The van der Waals surface area contributed by atoms with Crippen LogP contribution in [0.4, 0.5) is 13.2 Å². The lowest BCUT2D eigenvalue weighted by Gasteiger charge is -2.20. The highest BCUT2D eigenvalue weighted by Gasteiger charge is 2.33. The zero-order chi connectivity index (χ0) is 25.7. The summed E-state index contributed by atoms with van der Waals surface area (Å²) in [5.74, 6) is -0.901. The van der Waals surface area contributed by atoms with Gasteiger partial charge in [-0.2, -0.15) is 17.9 Å². The van der Waals surface area contributed by atoms with Crippen molar-refractivity contribution in [2.75, 3.05) is 7.11 Å². The molecule has 2 aromatic rings. The van der Waals surface area contributed by atoms with Gasteiger partial charge in [-0.05, 0) is 55.7 Å².